The summed E-state index contributed by atoms with van der Waals surface area (Å²) in [5, 5.41) is 20.9. The van der Waals surface area contributed by atoms with Crippen LogP contribution in [0.3, 0.4) is 0 Å². The second-order valence-electron chi connectivity index (χ2n) is 6.96. The quantitative estimate of drug-likeness (QED) is 0.104. The van der Waals surface area contributed by atoms with Crippen molar-refractivity contribution in [3.05, 3.63) is 58.9 Å². The zero-order valence-electron chi connectivity index (χ0n) is 18.1. The van der Waals surface area contributed by atoms with Crippen molar-refractivity contribution in [2.24, 2.45) is 5.73 Å². The lowest BCUT2D eigenvalue weighted by Crippen LogP contribution is -2.35. The molecule has 0 aliphatic carbocycles. The summed E-state index contributed by atoms with van der Waals surface area (Å²) in [7, 11) is 0. The monoisotopic (exact) mass is 496 g/mol. The summed E-state index contributed by atoms with van der Waals surface area (Å²) in [4.78, 5) is 16.9. The Balaban J connectivity index is 2.12. The summed E-state index contributed by atoms with van der Waals surface area (Å²) in [5.41, 5.74) is 5.96. The van der Waals surface area contributed by atoms with Crippen LogP contribution in [0.2, 0.25) is 0 Å². The van der Waals surface area contributed by atoms with Crippen LogP contribution < -0.4 is 21.8 Å². The van der Waals surface area contributed by atoms with Crippen LogP contribution in [0.25, 0.3) is 0 Å². The maximum atomic E-state index is 15.0. The molecule has 0 aliphatic heterocycles. The smallest absolute Gasteiger partial charge is 0.294 e. The van der Waals surface area contributed by atoms with Gasteiger partial charge in [0, 0.05) is 12.1 Å². The fourth-order valence-corrected chi connectivity index (χ4v) is 3.75. The molecule has 0 saturated carbocycles. The number of hydroxylamine groups is 1. The van der Waals surface area contributed by atoms with Crippen LogP contribution in [0.1, 0.15) is 16.7 Å². The van der Waals surface area contributed by atoms with E-state index in [0.29, 0.717) is 0 Å². The van der Waals surface area contributed by atoms with Crippen LogP contribution in [0.4, 0.5) is 18.9 Å². The number of guanidine groups is 1. The van der Waals surface area contributed by atoms with E-state index >= 15 is 4.39 Å². The third kappa shape index (κ3) is 7.27. The van der Waals surface area contributed by atoms with Crippen LogP contribution in [0.5, 0.6) is 0 Å². The zero-order valence-corrected chi connectivity index (χ0v) is 18.9. The summed E-state index contributed by atoms with van der Waals surface area (Å²) >= 11 is -1.65. The van der Waals surface area contributed by atoms with Gasteiger partial charge in [-0.2, -0.15) is 14.0 Å². The molecule has 1 amide bonds. The van der Waals surface area contributed by atoms with E-state index < -0.39 is 53.3 Å². The van der Waals surface area contributed by atoms with E-state index in [0.717, 1.165) is 12.1 Å². The first-order chi connectivity index (χ1) is 16.1. The number of nitrogens with one attached hydrogen (secondary N) is 4. The van der Waals surface area contributed by atoms with Gasteiger partial charge < -0.3 is 20.9 Å². The van der Waals surface area contributed by atoms with Gasteiger partial charge in [-0.1, -0.05) is 12.1 Å². The molecule has 13 heteroatoms. The standard InChI is InChI=1S/C21H23F3N6O3S/c1-34(32)17-5-3-2-4-15(17)21(23,24)12-29-16-7-6-13(11-25)14(19(16)22)10-18(31)28-8-9-33-30-20(26)27/h2-7,29H,8-10,12H2,1H3,(H,28,31)(H4,26,27,30). The molecule has 2 aromatic rings. The van der Waals surface area contributed by atoms with E-state index in [2.05, 4.69) is 16.1 Å². The average molecular weight is 497 g/mol. The molecule has 2 aromatic carbocycles. The number of carbonyl (C=O) groups excluding carboxylic acids is 1. The molecule has 1 atom stereocenters. The molecule has 0 aromatic heterocycles. The summed E-state index contributed by atoms with van der Waals surface area (Å²) in [6.45, 7) is -1.04. The summed E-state index contributed by atoms with van der Waals surface area (Å²) in [6, 6.07) is 9.50. The van der Waals surface area contributed by atoms with Gasteiger partial charge in [0.2, 0.25) is 11.9 Å². The van der Waals surface area contributed by atoms with Gasteiger partial charge in [0.15, 0.2) is 10.7 Å². The molecule has 0 spiro atoms. The van der Waals surface area contributed by atoms with Gasteiger partial charge in [0.25, 0.3) is 5.92 Å². The highest BCUT2D eigenvalue weighted by molar-refractivity contribution is 7.90. The number of nitrogens with two attached hydrogens (primary N) is 1. The van der Waals surface area contributed by atoms with Crippen molar-refractivity contribution in [1.82, 2.24) is 10.8 Å². The summed E-state index contributed by atoms with van der Waals surface area (Å²) in [5.74, 6) is -5.54. The van der Waals surface area contributed by atoms with Gasteiger partial charge in [-0.3, -0.25) is 15.0 Å². The lowest BCUT2D eigenvalue weighted by molar-refractivity contribution is -0.120. The first-order valence-electron chi connectivity index (χ1n) is 9.81. The van der Waals surface area contributed by atoms with Gasteiger partial charge in [-0.25, -0.2) is 9.87 Å². The number of nitriles is 1. The zero-order chi connectivity index (χ0) is 25.3. The molecule has 6 N–H and O–H groups in total. The van der Waals surface area contributed by atoms with Crippen LogP contribution >= 0.6 is 0 Å². The molecule has 0 saturated heterocycles. The molecule has 0 bridgehead atoms. The maximum Gasteiger partial charge on any atom is 0.294 e. The molecule has 0 fully saturated rings. The van der Waals surface area contributed by atoms with Crippen molar-refractivity contribution >= 4 is 28.7 Å². The Kier molecular flexibility index (Phi) is 9.55. The number of halogens is 3. The van der Waals surface area contributed by atoms with Gasteiger partial charge in [0.1, 0.15) is 6.26 Å². The first kappa shape index (κ1) is 26.8. The van der Waals surface area contributed by atoms with Crippen molar-refractivity contribution in [2.45, 2.75) is 17.2 Å². The average Bonchev–Trinajstić information content (AvgIpc) is 2.79. The Bertz CT molecular complexity index is 1080. The minimum atomic E-state index is -3.48. The topological polar surface area (TPSA) is 159 Å². The van der Waals surface area contributed by atoms with Crippen LogP contribution in [0, 0.1) is 22.6 Å². The fraction of sp³-hybridized carbons (Fsp3) is 0.286. The Hall–Kier alpha value is -3.47. The fourth-order valence-electron chi connectivity index (χ4n) is 2.95. The summed E-state index contributed by atoms with van der Waals surface area (Å²) < 4.78 is 56.5. The largest absolute Gasteiger partial charge is 0.612 e. The maximum absolute atomic E-state index is 15.0. The molecule has 1 unspecified atom stereocenters. The van der Waals surface area contributed by atoms with Crippen LogP contribution in [-0.2, 0) is 33.2 Å². The van der Waals surface area contributed by atoms with Gasteiger partial charge in [0.05, 0.1) is 42.5 Å². The van der Waals surface area contributed by atoms with Crippen molar-refractivity contribution in [1.29, 1.82) is 10.7 Å². The van der Waals surface area contributed by atoms with Crippen molar-refractivity contribution in [3.63, 3.8) is 0 Å². The van der Waals surface area contributed by atoms with Crippen molar-refractivity contribution in [3.8, 4) is 6.07 Å². The number of carbonyl (C=O) groups is 1. The number of anilines is 1. The Morgan fingerprint density at radius 3 is 2.68 bits per heavy atom. The van der Waals surface area contributed by atoms with E-state index in [4.69, 9.17) is 16.0 Å². The lowest BCUT2D eigenvalue weighted by Gasteiger charge is -2.21. The summed E-state index contributed by atoms with van der Waals surface area (Å²) in [6.07, 6.45) is 0.768. The molecular formula is C21H23F3N6O3S. The highest BCUT2D eigenvalue weighted by atomic mass is 32.2. The van der Waals surface area contributed by atoms with E-state index in [1.54, 1.807) is 6.07 Å². The number of hydrogen-bond acceptors (Lipinski definition) is 6. The Labute approximate surface area is 197 Å². The van der Waals surface area contributed by atoms with E-state index in [-0.39, 0.29) is 34.9 Å². The van der Waals surface area contributed by atoms with Crippen LogP contribution in [0.15, 0.2) is 41.3 Å². The minimum absolute atomic E-state index is 0.00495. The number of alkyl halides is 2. The minimum Gasteiger partial charge on any atom is -0.612 e. The number of hydrogen-bond donors (Lipinski definition) is 5. The second kappa shape index (κ2) is 12.1. The van der Waals surface area contributed by atoms with E-state index in [1.807, 2.05) is 0 Å². The predicted octanol–water partition coefficient (Wildman–Crippen LogP) is 1.71. The molecule has 9 nitrogen and oxygen atoms in total. The molecule has 0 heterocycles. The van der Waals surface area contributed by atoms with Crippen molar-refractivity contribution < 1.29 is 27.4 Å². The predicted molar refractivity (Wildman–Crippen MR) is 120 cm³/mol. The number of amides is 1. The number of benzene rings is 2. The SMILES string of the molecule is C[S+]([O-])c1ccccc1C(F)(F)CNc1ccc(C#N)c(CC(=O)NCCONC(=N)N)c1F. The number of nitrogens with zero attached hydrogens (tertiary/aromatic N) is 1. The molecule has 0 radical (unpaired) electrons. The van der Waals surface area contributed by atoms with Crippen molar-refractivity contribution in [2.75, 3.05) is 31.3 Å². The highest BCUT2D eigenvalue weighted by Crippen LogP contribution is 2.34. The normalized spacial score (nSPS) is 11.9. The molecule has 34 heavy (non-hydrogen) atoms. The number of rotatable bonds is 11. The third-order valence-corrected chi connectivity index (χ3v) is 5.48. The highest BCUT2D eigenvalue weighted by Gasteiger charge is 2.37. The van der Waals surface area contributed by atoms with E-state index in [9.17, 15) is 23.4 Å². The molecule has 0 aliphatic rings. The molecular weight excluding hydrogens is 473 g/mol. The molecule has 182 valence electrons. The molecule has 2 rings (SSSR count). The second-order valence-corrected chi connectivity index (χ2v) is 8.31. The Morgan fingerprint density at radius 2 is 2.03 bits per heavy atom. The first-order valence-corrected chi connectivity index (χ1v) is 11.4. The van der Waals surface area contributed by atoms with E-state index in [1.165, 1.54) is 30.5 Å². The lowest BCUT2D eigenvalue weighted by atomic mass is 10.0. The van der Waals surface area contributed by atoms with Gasteiger partial charge in [-0.15, -0.1) is 0 Å². The third-order valence-electron chi connectivity index (χ3n) is 4.50. The van der Waals surface area contributed by atoms with Gasteiger partial charge in [-0.05, 0) is 35.4 Å². The Morgan fingerprint density at radius 1 is 1.32 bits per heavy atom. The van der Waals surface area contributed by atoms with Gasteiger partial charge >= 0.3 is 0 Å². The van der Waals surface area contributed by atoms with Crippen LogP contribution in [-0.4, -0.2) is 42.4 Å².